The van der Waals surface area contributed by atoms with Crippen LogP contribution in [0.4, 0.5) is 0 Å². The normalized spacial score (nSPS) is 14.6. The molecule has 0 N–H and O–H groups in total. The molecule has 1 aliphatic heterocycles. The quantitative estimate of drug-likeness (QED) is 0.735. The molecule has 0 atom stereocenters. The second-order valence-corrected chi connectivity index (χ2v) is 6.82. The van der Waals surface area contributed by atoms with Gasteiger partial charge in [0.15, 0.2) is 6.61 Å². The van der Waals surface area contributed by atoms with Crippen molar-refractivity contribution >= 4 is 11.9 Å². The Hall–Kier alpha value is -2.82. The molecule has 0 radical (unpaired) electrons. The molecule has 2 aromatic rings. The Morgan fingerprint density at radius 2 is 1.67 bits per heavy atom. The number of hydrogen-bond donors (Lipinski definition) is 0. The molecular formula is C22H25NO4. The van der Waals surface area contributed by atoms with Crippen molar-refractivity contribution in [3.63, 3.8) is 0 Å². The van der Waals surface area contributed by atoms with Crippen molar-refractivity contribution in [2.75, 3.05) is 26.8 Å². The molecule has 0 unspecified atom stereocenters. The Morgan fingerprint density at radius 1 is 1.00 bits per heavy atom. The number of piperidine rings is 1. The molecule has 2 aromatic carbocycles. The monoisotopic (exact) mass is 367 g/mol. The molecule has 1 saturated heterocycles. The fraction of sp³-hybridized carbons (Fsp3) is 0.364. The van der Waals surface area contributed by atoms with Gasteiger partial charge in [-0.05, 0) is 55.0 Å². The molecule has 1 amide bonds. The van der Waals surface area contributed by atoms with E-state index in [4.69, 9.17) is 4.74 Å². The van der Waals surface area contributed by atoms with Gasteiger partial charge in [0, 0.05) is 13.1 Å². The number of methoxy groups -OCH3 is 1. The Balaban J connectivity index is 1.42. The van der Waals surface area contributed by atoms with Crippen molar-refractivity contribution in [1.29, 1.82) is 0 Å². The number of likely N-dealkylation sites (tertiary alicyclic amines) is 1. The van der Waals surface area contributed by atoms with E-state index in [1.807, 2.05) is 11.0 Å². The maximum Gasteiger partial charge on any atom is 0.337 e. The molecule has 27 heavy (non-hydrogen) atoms. The van der Waals surface area contributed by atoms with E-state index in [0.717, 1.165) is 32.4 Å². The fourth-order valence-corrected chi connectivity index (χ4v) is 3.38. The van der Waals surface area contributed by atoms with E-state index < -0.39 is 5.97 Å². The first-order valence-corrected chi connectivity index (χ1v) is 9.28. The summed E-state index contributed by atoms with van der Waals surface area (Å²) in [5, 5.41) is 0. The second-order valence-electron chi connectivity index (χ2n) is 6.82. The minimum absolute atomic E-state index is 0.00482. The Bertz CT molecular complexity index is 750. The van der Waals surface area contributed by atoms with E-state index in [2.05, 4.69) is 29.0 Å². The number of esters is 1. The number of carbonyl (C=O) groups excluding carboxylic acids is 2. The van der Waals surface area contributed by atoms with Gasteiger partial charge in [-0.3, -0.25) is 4.79 Å². The minimum atomic E-state index is -0.393. The van der Waals surface area contributed by atoms with Crippen LogP contribution >= 0.6 is 0 Å². The number of ether oxygens (including phenoxy) is 2. The number of nitrogens with zero attached hydrogens (tertiary/aromatic N) is 1. The summed E-state index contributed by atoms with van der Waals surface area (Å²) in [6.45, 7) is 1.57. The largest absolute Gasteiger partial charge is 0.484 e. The summed E-state index contributed by atoms with van der Waals surface area (Å²) in [6.07, 6.45) is 3.12. The van der Waals surface area contributed by atoms with Crippen molar-refractivity contribution in [2.24, 2.45) is 5.92 Å². The lowest BCUT2D eigenvalue weighted by atomic mass is 9.90. The minimum Gasteiger partial charge on any atom is -0.484 e. The molecular weight excluding hydrogens is 342 g/mol. The van der Waals surface area contributed by atoms with Crippen molar-refractivity contribution in [2.45, 2.75) is 19.3 Å². The van der Waals surface area contributed by atoms with Gasteiger partial charge in [0.05, 0.1) is 12.7 Å². The third kappa shape index (κ3) is 5.33. The smallest absolute Gasteiger partial charge is 0.337 e. The predicted molar refractivity (Wildman–Crippen MR) is 103 cm³/mol. The van der Waals surface area contributed by atoms with Gasteiger partial charge in [-0.15, -0.1) is 0 Å². The molecule has 0 bridgehead atoms. The lowest BCUT2D eigenvalue weighted by Crippen LogP contribution is -2.41. The van der Waals surface area contributed by atoms with Gasteiger partial charge in [-0.1, -0.05) is 30.3 Å². The molecule has 0 aliphatic carbocycles. The number of benzene rings is 2. The second kappa shape index (κ2) is 9.21. The first-order chi connectivity index (χ1) is 13.2. The summed E-state index contributed by atoms with van der Waals surface area (Å²) >= 11 is 0. The average Bonchev–Trinajstić information content (AvgIpc) is 2.73. The highest BCUT2D eigenvalue weighted by molar-refractivity contribution is 5.89. The molecule has 142 valence electrons. The highest BCUT2D eigenvalue weighted by Gasteiger charge is 2.23. The summed E-state index contributed by atoms with van der Waals surface area (Å²) in [6, 6.07) is 17.1. The van der Waals surface area contributed by atoms with E-state index in [1.165, 1.54) is 12.7 Å². The first-order valence-electron chi connectivity index (χ1n) is 9.28. The molecule has 0 spiro atoms. The number of hydrogen-bond acceptors (Lipinski definition) is 4. The maximum atomic E-state index is 12.4. The van der Waals surface area contributed by atoms with E-state index >= 15 is 0 Å². The third-order valence-corrected chi connectivity index (χ3v) is 4.97. The van der Waals surface area contributed by atoms with Crippen molar-refractivity contribution < 1.29 is 19.1 Å². The first kappa shape index (κ1) is 19.0. The highest BCUT2D eigenvalue weighted by atomic mass is 16.5. The number of amides is 1. The van der Waals surface area contributed by atoms with Crippen LogP contribution in [-0.4, -0.2) is 43.6 Å². The van der Waals surface area contributed by atoms with Crippen LogP contribution in [0.1, 0.15) is 28.8 Å². The Morgan fingerprint density at radius 3 is 2.30 bits per heavy atom. The van der Waals surface area contributed by atoms with Crippen molar-refractivity contribution in [3.05, 3.63) is 65.7 Å². The van der Waals surface area contributed by atoms with E-state index in [9.17, 15) is 9.59 Å². The number of carbonyl (C=O) groups is 2. The summed E-state index contributed by atoms with van der Waals surface area (Å²) < 4.78 is 10.2. The molecule has 0 saturated carbocycles. The number of rotatable bonds is 6. The molecule has 5 nitrogen and oxygen atoms in total. The van der Waals surface area contributed by atoms with Crippen LogP contribution < -0.4 is 4.74 Å². The lowest BCUT2D eigenvalue weighted by Gasteiger charge is -2.32. The van der Waals surface area contributed by atoms with Crippen LogP contribution in [0.3, 0.4) is 0 Å². The molecule has 1 heterocycles. The highest BCUT2D eigenvalue weighted by Crippen LogP contribution is 2.22. The molecule has 1 fully saturated rings. The van der Waals surface area contributed by atoms with Crippen LogP contribution in [0, 0.1) is 5.92 Å². The van der Waals surface area contributed by atoms with Crippen LogP contribution in [0.2, 0.25) is 0 Å². The van der Waals surface area contributed by atoms with Gasteiger partial charge in [-0.2, -0.15) is 0 Å². The van der Waals surface area contributed by atoms with Crippen molar-refractivity contribution in [1.82, 2.24) is 4.90 Å². The zero-order chi connectivity index (χ0) is 19.1. The van der Waals surface area contributed by atoms with Gasteiger partial charge >= 0.3 is 5.97 Å². The predicted octanol–water partition coefficient (Wildman–Crippen LogP) is 3.33. The topological polar surface area (TPSA) is 55.8 Å². The summed E-state index contributed by atoms with van der Waals surface area (Å²) in [7, 11) is 1.34. The van der Waals surface area contributed by atoms with Crippen LogP contribution in [0.15, 0.2) is 54.6 Å². The van der Waals surface area contributed by atoms with Crippen LogP contribution in [-0.2, 0) is 16.0 Å². The average molecular weight is 367 g/mol. The Kier molecular flexibility index (Phi) is 6.47. The van der Waals surface area contributed by atoms with Crippen LogP contribution in [0.5, 0.6) is 5.75 Å². The van der Waals surface area contributed by atoms with Gasteiger partial charge in [0.1, 0.15) is 5.75 Å². The van der Waals surface area contributed by atoms with Crippen molar-refractivity contribution in [3.8, 4) is 5.75 Å². The lowest BCUT2D eigenvalue weighted by molar-refractivity contribution is -0.134. The molecule has 0 aromatic heterocycles. The zero-order valence-corrected chi connectivity index (χ0v) is 15.6. The van der Waals surface area contributed by atoms with Gasteiger partial charge in [0.25, 0.3) is 5.91 Å². The SMILES string of the molecule is COC(=O)c1ccc(OCC(=O)N2CCC(Cc3ccccc3)CC2)cc1. The van der Waals surface area contributed by atoms with Gasteiger partial charge in [0.2, 0.25) is 0 Å². The van der Waals surface area contributed by atoms with E-state index in [0.29, 0.717) is 17.2 Å². The molecule has 3 rings (SSSR count). The van der Waals surface area contributed by atoms with E-state index in [1.54, 1.807) is 24.3 Å². The molecule has 5 heteroatoms. The summed E-state index contributed by atoms with van der Waals surface area (Å²) in [5.74, 6) is 0.805. The standard InChI is InChI=1S/C22H25NO4/c1-26-22(25)19-7-9-20(10-8-19)27-16-21(24)23-13-11-18(12-14-23)15-17-5-3-2-4-6-17/h2-10,18H,11-16H2,1H3. The van der Waals surface area contributed by atoms with Crippen LogP contribution in [0.25, 0.3) is 0 Å². The maximum absolute atomic E-state index is 12.4. The summed E-state index contributed by atoms with van der Waals surface area (Å²) in [4.78, 5) is 25.7. The van der Waals surface area contributed by atoms with Gasteiger partial charge in [-0.25, -0.2) is 4.79 Å². The Labute approximate surface area is 159 Å². The third-order valence-electron chi connectivity index (χ3n) is 4.97. The summed E-state index contributed by atoms with van der Waals surface area (Å²) in [5.41, 5.74) is 1.82. The fourth-order valence-electron chi connectivity index (χ4n) is 3.38. The van der Waals surface area contributed by atoms with E-state index in [-0.39, 0.29) is 12.5 Å². The van der Waals surface area contributed by atoms with Gasteiger partial charge < -0.3 is 14.4 Å². The zero-order valence-electron chi connectivity index (χ0n) is 15.6. The molecule has 1 aliphatic rings.